The van der Waals surface area contributed by atoms with Crippen LogP contribution in [0.4, 0.5) is 0 Å². The Morgan fingerprint density at radius 2 is 1.38 bits per heavy atom. The molecule has 0 aliphatic rings. The monoisotopic (exact) mass is 196 g/mol. The Kier molecular flexibility index (Phi) is 5.38. The molecule has 0 aliphatic heterocycles. The summed E-state index contributed by atoms with van der Waals surface area (Å²) >= 11 is 0. The topological polar surface area (TPSA) is 121 Å². The lowest BCUT2D eigenvalue weighted by Crippen LogP contribution is -2.45. The summed E-state index contributed by atoms with van der Waals surface area (Å²) < 4.78 is 0. The van der Waals surface area contributed by atoms with Crippen molar-refractivity contribution >= 4 is 0 Å². The zero-order valence-corrected chi connectivity index (χ0v) is 7.28. The molecule has 0 aromatic heterocycles. The molecule has 13 heavy (non-hydrogen) atoms. The van der Waals surface area contributed by atoms with Gasteiger partial charge in [-0.15, -0.1) is 0 Å². The molecular weight excluding hydrogens is 180 g/mol. The van der Waals surface area contributed by atoms with Crippen LogP contribution in [0.25, 0.3) is 0 Å². The van der Waals surface area contributed by atoms with E-state index in [0.29, 0.717) is 0 Å². The SMILES string of the molecule is C[C@H](C(O)O)C(O)[C@H](O)C(O)CO. The Morgan fingerprint density at radius 3 is 1.69 bits per heavy atom. The molecule has 0 bridgehead atoms. The van der Waals surface area contributed by atoms with E-state index in [1.54, 1.807) is 0 Å². The summed E-state index contributed by atoms with van der Waals surface area (Å²) in [6, 6.07) is 0. The Balaban J connectivity index is 4.15. The van der Waals surface area contributed by atoms with Gasteiger partial charge in [0.05, 0.1) is 12.7 Å². The quantitative estimate of drug-likeness (QED) is 0.261. The van der Waals surface area contributed by atoms with Gasteiger partial charge in [0.2, 0.25) is 0 Å². The second-order valence-corrected chi connectivity index (χ2v) is 3.00. The molecule has 4 atom stereocenters. The number of hydrogen-bond acceptors (Lipinski definition) is 6. The van der Waals surface area contributed by atoms with Gasteiger partial charge in [0, 0.05) is 5.92 Å². The predicted octanol–water partition coefficient (Wildman–Crippen LogP) is -2.99. The van der Waals surface area contributed by atoms with Crippen molar-refractivity contribution in [2.24, 2.45) is 5.92 Å². The van der Waals surface area contributed by atoms with Crippen molar-refractivity contribution in [2.45, 2.75) is 31.5 Å². The predicted molar refractivity (Wildman–Crippen MR) is 42.5 cm³/mol. The summed E-state index contributed by atoms with van der Waals surface area (Å²) in [4.78, 5) is 0. The summed E-state index contributed by atoms with van der Waals surface area (Å²) in [6.07, 6.45) is -6.37. The van der Waals surface area contributed by atoms with Crippen molar-refractivity contribution in [3.8, 4) is 0 Å². The van der Waals surface area contributed by atoms with E-state index >= 15 is 0 Å². The Morgan fingerprint density at radius 1 is 0.923 bits per heavy atom. The molecule has 0 fully saturated rings. The molecule has 6 N–H and O–H groups in total. The summed E-state index contributed by atoms with van der Waals surface area (Å²) in [5, 5.41) is 52.9. The molecule has 0 saturated heterocycles. The van der Waals surface area contributed by atoms with Gasteiger partial charge in [0.1, 0.15) is 12.2 Å². The van der Waals surface area contributed by atoms with Crippen LogP contribution >= 0.6 is 0 Å². The molecule has 6 nitrogen and oxygen atoms in total. The van der Waals surface area contributed by atoms with Gasteiger partial charge in [-0.3, -0.25) is 0 Å². The third kappa shape index (κ3) is 3.55. The lowest BCUT2D eigenvalue weighted by Gasteiger charge is -2.27. The normalized spacial score (nSPS) is 21.2. The molecule has 0 saturated carbocycles. The average molecular weight is 196 g/mol. The fourth-order valence-electron chi connectivity index (χ4n) is 0.823. The van der Waals surface area contributed by atoms with Gasteiger partial charge in [-0.05, 0) is 0 Å². The van der Waals surface area contributed by atoms with Crippen molar-refractivity contribution < 1.29 is 30.6 Å². The van der Waals surface area contributed by atoms with Crippen LogP contribution in [0, 0.1) is 5.92 Å². The Labute approximate surface area is 75.7 Å². The molecule has 0 radical (unpaired) electrons. The highest BCUT2D eigenvalue weighted by Crippen LogP contribution is 2.12. The minimum Gasteiger partial charge on any atom is -0.394 e. The molecule has 0 aromatic carbocycles. The average Bonchev–Trinajstić information content (AvgIpc) is 2.12. The first-order chi connectivity index (χ1) is 5.91. The highest BCUT2D eigenvalue weighted by Gasteiger charge is 2.31. The Bertz CT molecular complexity index is 139. The fraction of sp³-hybridized carbons (Fsp3) is 1.00. The standard InChI is InChI=1S/C7H16O6/c1-3(7(12)13)5(10)6(11)4(9)2-8/h3-13H,2H2,1H3/t3-,4?,5?,6+/m0/s1. The van der Waals surface area contributed by atoms with Crippen molar-refractivity contribution in [1.29, 1.82) is 0 Å². The second kappa shape index (κ2) is 5.48. The summed E-state index contributed by atoms with van der Waals surface area (Å²) in [7, 11) is 0. The summed E-state index contributed by atoms with van der Waals surface area (Å²) in [6.45, 7) is 0.592. The molecule has 2 unspecified atom stereocenters. The van der Waals surface area contributed by atoms with E-state index in [4.69, 9.17) is 25.5 Å². The second-order valence-electron chi connectivity index (χ2n) is 3.00. The first-order valence-corrected chi connectivity index (χ1v) is 3.93. The molecule has 0 aliphatic carbocycles. The first-order valence-electron chi connectivity index (χ1n) is 3.93. The maximum atomic E-state index is 9.22. The largest absolute Gasteiger partial charge is 0.394 e. The van der Waals surface area contributed by atoms with Crippen molar-refractivity contribution in [2.75, 3.05) is 6.61 Å². The minimum atomic E-state index is -1.78. The number of hydrogen-bond donors (Lipinski definition) is 6. The van der Waals surface area contributed by atoms with Crippen molar-refractivity contribution in [3.63, 3.8) is 0 Å². The minimum absolute atomic E-state index is 0.702. The van der Waals surface area contributed by atoms with E-state index in [-0.39, 0.29) is 0 Å². The van der Waals surface area contributed by atoms with Gasteiger partial charge < -0.3 is 30.6 Å². The lowest BCUT2D eigenvalue weighted by atomic mass is 9.96. The van der Waals surface area contributed by atoms with Crippen LogP contribution in [0.2, 0.25) is 0 Å². The van der Waals surface area contributed by atoms with Gasteiger partial charge >= 0.3 is 0 Å². The third-order valence-corrected chi connectivity index (χ3v) is 1.94. The van der Waals surface area contributed by atoms with Crippen LogP contribution < -0.4 is 0 Å². The lowest BCUT2D eigenvalue weighted by molar-refractivity contribution is -0.155. The van der Waals surface area contributed by atoms with Crippen LogP contribution in [-0.2, 0) is 0 Å². The first kappa shape index (κ1) is 12.8. The van der Waals surface area contributed by atoms with Crippen LogP contribution in [0.3, 0.4) is 0 Å². The van der Waals surface area contributed by atoms with Crippen molar-refractivity contribution in [3.05, 3.63) is 0 Å². The molecular formula is C7H16O6. The highest BCUT2D eigenvalue weighted by atomic mass is 16.5. The maximum Gasteiger partial charge on any atom is 0.156 e. The third-order valence-electron chi connectivity index (χ3n) is 1.94. The van der Waals surface area contributed by atoms with E-state index in [2.05, 4.69) is 0 Å². The zero-order valence-electron chi connectivity index (χ0n) is 7.28. The van der Waals surface area contributed by atoms with E-state index in [1.807, 2.05) is 0 Å². The van der Waals surface area contributed by atoms with Crippen LogP contribution in [-0.4, -0.2) is 61.8 Å². The number of rotatable bonds is 5. The molecule has 0 aromatic rings. The van der Waals surface area contributed by atoms with Gasteiger partial charge in [0.15, 0.2) is 6.29 Å². The molecule has 6 heteroatoms. The van der Waals surface area contributed by atoms with E-state index < -0.39 is 37.1 Å². The molecule has 0 heterocycles. The summed E-state index contributed by atoms with van der Waals surface area (Å²) in [5.41, 5.74) is 0. The number of aliphatic hydroxyl groups is 6. The van der Waals surface area contributed by atoms with Crippen LogP contribution in [0.1, 0.15) is 6.92 Å². The smallest absolute Gasteiger partial charge is 0.156 e. The maximum absolute atomic E-state index is 9.22. The number of aliphatic hydroxyl groups excluding tert-OH is 5. The van der Waals surface area contributed by atoms with E-state index in [0.717, 1.165) is 0 Å². The Hall–Kier alpha value is -0.240. The molecule has 80 valence electrons. The van der Waals surface area contributed by atoms with Gasteiger partial charge in [-0.2, -0.15) is 0 Å². The highest BCUT2D eigenvalue weighted by molar-refractivity contribution is 4.79. The fourth-order valence-corrected chi connectivity index (χ4v) is 0.823. The van der Waals surface area contributed by atoms with Gasteiger partial charge in [-0.1, -0.05) is 6.92 Å². The van der Waals surface area contributed by atoms with Crippen molar-refractivity contribution in [1.82, 2.24) is 0 Å². The van der Waals surface area contributed by atoms with E-state index in [1.165, 1.54) is 6.92 Å². The van der Waals surface area contributed by atoms with Gasteiger partial charge in [0.25, 0.3) is 0 Å². The zero-order chi connectivity index (χ0) is 10.6. The molecule has 0 amide bonds. The van der Waals surface area contributed by atoms with Gasteiger partial charge in [-0.25, -0.2) is 0 Å². The summed E-state index contributed by atoms with van der Waals surface area (Å²) in [5.74, 6) is -1.00. The van der Waals surface area contributed by atoms with Crippen LogP contribution in [0.5, 0.6) is 0 Å². The van der Waals surface area contributed by atoms with Crippen LogP contribution in [0.15, 0.2) is 0 Å². The molecule has 0 spiro atoms. The van der Waals surface area contributed by atoms with E-state index in [9.17, 15) is 5.11 Å². The molecule has 0 rings (SSSR count).